The Labute approximate surface area is 162 Å². The normalized spacial score (nSPS) is 14.3. The average molecular weight is 375 g/mol. The SMILES string of the molecule is CC(NC(=O)c1cc(-c2ccccc2)no1)c1ccc(NC(=O)C2CC2)cc1. The number of benzene rings is 2. The van der Waals surface area contributed by atoms with Crippen LogP contribution < -0.4 is 10.6 Å². The predicted molar refractivity (Wildman–Crippen MR) is 106 cm³/mol. The minimum Gasteiger partial charge on any atom is -0.350 e. The first-order chi connectivity index (χ1) is 13.6. The van der Waals surface area contributed by atoms with Gasteiger partial charge < -0.3 is 15.2 Å². The lowest BCUT2D eigenvalue weighted by Gasteiger charge is -2.14. The molecule has 1 atom stereocenters. The van der Waals surface area contributed by atoms with Crippen LogP contribution in [0.25, 0.3) is 11.3 Å². The zero-order valence-electron chi connectivity index (χ0n) is 15.5. The first-order valence-corrected chi connectivity index (χ1v) is 9.34. The number of carbonyl (C=O) groups excluding carboxylic acids is 2. The van der Waals surface area contributed by atoms with Crippen LogP contribution >= 0.6 is 0 Å². The van der Waals surface area contributed by atoms with Gasteiger partial charge in [0.05, 0.1) is 6.04 Å². The van der Waals surface area contributed by atoms with Crippen LogP contribution in [0.2, 0.25) is 0 Å². The van der Waals surface area contributed by atoms with E-state index in [1.807, 2.05) is 61.5 Å². The molecule has 142 valence electrons. The van der Waals surface area contributed by atoms with Crippen LogP contribution in [0.15, 0.2) is 65.2 Å². The standard InChI is InChI=1S/C22H21N3O3/c1-14(15-9-11-18(12-10-15)24-21(26)17-7-8-17)23-22(27)20-13-19(25-28-20)16-5-3-2-4-6-16/h2-6,9-14,17H,7-8H2,1H3,(H,23,27)(H,24,26). The molecule has 2 amide bonds. The van der Waals surface area contributed by atoms with E-state index in [0.29, 0.717) is 5.69 Å². The second-order valence-corrected chi connectivity index (χ2v) is 7.02. The summed E-state index contributed by atoms with van der Waals surface area (Å²) in [6.07, 6.45) is 1.95. The van der Waals surface area contributed by atoms with Crippen molar-refractivity contribution in [2.75, 3.05) is 5.32 Å². The zero-order chi connectivity index (χ0) is 19.5. The highest BCUT2D eigenvalue weighted by Gasteiger charge is 2.29. The molecular formula is C22H21N3O3. The molecule has 0 saturated heterocycles. The molecule has 1 unspecified atom stereocenters. The highest BCUT2D eigenvalue weighted by atomic mass is 16.5. The van der Waals surface area contributed by atoms with Gasteiger partial charge in [-0.25, -0.2) is 0 Å². The Balaban J connectivity index is 1.37. The van der Waals surface area contributed by atoms with Gasteiger partial charge in [0.1, 0.15) is 5.69 Å². The van der Waals surface area contributed by atoms with E-state index in [9.17, 15) is 9.59 Å². The van der Waals surface area contributed by atoms with Crippen LogP contribution in [-0.4, -0.2) is 17.0 Å². The van der Waals surface area contributed by atoms with Crippen molar-refractivity contribution in [3.63, 3.8) is 0 Å². The van der Waals surface area contributed by atoms with E-state index in [0.717, 1.165) is 29.7 Å². The lowest BCUT2D eigenvalue weighted by molar-refractivity contribution is -0.117. The van der Waals surface area contributed by atoms with E-state index >= 15 is 0 Å². The Morgan fingerprint density at radius 1 is 1.07 bits per heavy atom. The number of amides is 2. The number of hydrogen-bond donors (Lipinski definition) is 2. The molecule has 0 radical (unpaired) electrons. The number of nitrogens with one attached hydrogen (secondary N) is 2. The summed E-state index contributed by atoms with van der Waals surface area (Å²) in [6, 6.07) is 18.4. The molecule has 0 bridgehead atoms. The van der Waals surface area contributed by atoms with Crippen LogP contribution in [0.4, 0.5) is 5.69 Å². The lowest BCUT2D eigenvalue weighted by atomic mass is 10.1. The largest absolute Gasteiger partial charge is 0.350 e. The number of rotatable bonds is 6. The van der Waals surface area contributed by atoms with Gasteiger partial charge in [-0.05, 0) is 37.5 Å². The summed E-state index contributed by atoms with van der Waals surface area (Å²) in [6.45, 7) is 1.89. The van der Waals surface area contributed by atoms with Gasteiger partial charge in [-0.15, -0.1) is 0 Å². The van der Waals surface area contributed by atoms with Gasteiger partial charge in [-0.1, -0.05) is 47.6 Å². The molecule has 2 aromatic carbocycles. The Morgan fingerprint density at radius 2 is 1.79 bits per heavy atom. The predicted octanol–water partition coefficient (Wildman–Crippen LogP) is 4.18. The van der Waals surface area contributed by atoms with Gasteiger partial charge in [0.2, 0.25) is 11.7 Å². The summed E-state index contributed by atoms with van der Waals surface area (Å²) in [5.41, 5.74) is 3.21. The second-order valence-electron chi connectivity index (χ2n) is 7.02. The van der Waals surface area contributed by atoms with Crippen molar-refractivity contribution in [1.29, 1.82) is 0 Å². The Bertz CT molecular complexity index is 976. The van der Waals surface area contributed by atoms with Crippen LogP contribution in [0.5, 0.6) is 0 Å². The topological polar surface area (TPSA) is 84.2 Å². The van der Waals surface area contributed by atoms with Gasteiger partial charge in [0.15, 0.2) is 0 Å². The summed E-state index contributed by atoms with van der Waals surface area (Å²) in [7, 11) is 0. The van der Waals surface area contributed by atoms with E-state index in [4.69, 9.17) is 4.52 Å². The van der Waals surface area contributed by atoms with E-state index in [1.54, 1.807) is 6.07 Å². The van der Waals surface area contributed by atoms with Crippen molar-refractivity contribution < 1.29 is 14.1 Å². The fourth-order valence-electron chi connectivity index (χ4n) is 2.92. The fraction of sp³-hybridized carbons (Fsp3) is 0.227. The smallest absolute Gasteiger partial charge is 0.290 e. The highest BCUT2D eigenvalue weighted by molar-refractivity contribution is 5.94. The number of anilines is 1. The van der Waals surface area contributed by atoms with Crippen molar-refractivity contribution in [2.24, 2.45) is 5.92 Å². The molecule has 4 rings (SSSR count). The van der Waals surface area contributed by atoms with E-state index in [1.165, 1.54) is 0 Å². The van der Waals surface area contributed by atoms with Gasteiger partial charge in [-0.2, -0.15) is 0 Å². The Morgan fingerprint density at radius 3 is 2.46 bits per heavy atom. The molecule has 1 aliphatic rings. The molecule has 6 nitrogen and oxygen atoms in total. The molecule has 0 aliphatic heterocycles. The highest BCUT2D eigenvalue weighted by Crippen LogP contribution is 2.30. The number of aromatic nitrogens is 1. The van der Waals surface area contributed by atoms with Gasteiger partial charge >= 0.3 is 0 Å². The minimum atomic E-state index is -0.326. The fourth-order valence-corrected chi connectivity index (χ4v) is 2.92. The van der Waals surface area contributed by atoms with Crippen LogP contribution in [0.3, 0.4) is 0 Å². The second kappa shape index (κ2) is 7.68. The van der Waals surface area contributed by atoms with E-state index in [2.05, 4.69) is 15.8 Å². The molecule has 2 N–H and O–H groups in total. The molecular weight excluding hydrogens is 354 g/mol. The monoisotopic (exact) mass is 375 g/mol. The number of hydrogen-bond acceptors (Lipinski definition) is 4. The summed E-state index contributed by atoms with van der Waals surface area (Å²) < 4.78 is 5.20. The molecule has 1 aromatic heterocycles. The third kappa shape index (κ3) is 4.11. The van der Waals surface area contributed by atoms with Crippen molar-refractivity contribution in [1.82, 2.24) is 10.5 Å². The van der Waals surface area contributed by atoms with Crippen molar-refractivity contribution >= 4 is 17.5 Å². The van der Waals surface area contributed by atoms with Crippen LogP contribution in [0.1, 0.15) is 41.9 Å². The van der Waals surface area contributed by atoms with E-state index in [-0.39, 0.29) is 29.5 Å². The molecule has 1 fully saturated rings. The average Bonchev–Trinajstić information content (AvgIpc) is 3.45. The Hall–Kier alpha value is -3.41. The third-order valence-electron chi connectivity index (χ3n) is 4.78. The van der Waals surface area contributed by atoms with Gasteiger partial charge in [0, 0.05) is 23.2 Å². The van der Waals surface area contributed by atoms with Crippen molar-refractivity contribution in [2.45, 2.75) is 25.8 Å². The lowest BCUT2D eigenvalue weighted by Crippen LogP contribution is -2.26. The van der Waals surface area contributed by atoms with Gasteiger partial charge in [0.25, 0.3) is 5.91 Å². The van der Waals surface area contributed by atoms with Crippen LogP contribution in [-0.2, 0) is 4.79 Å². The van der Waals surface area contributed by atoms with E-state index < -0.39 is 0 Å². The third-order valence-corrected chi connectivity index (χ3v) is 4.78. The van der Waals surface area contributed by atoms with Crippen molar-refractivity contribution in [3.05, 3.63) is 72.0 Å². The summed E-state index contributed by atoms with van der Waals surface area (Å²) in [5, 5.41) is 9.78. The quantitative estimate of drug-likeness (QED) is 0.677. The maximum Gasteiger partial charge on any atom is 0.290 e. The maximum atomic E-state index is 12.5. The summed E-state index contributed by atoms with van der Waals surface area (Å²) in [5.74, 6) is 0.0847. The molecule has 1 aliphatic carbocycles. The van der Waals surface area contributed by atoms with Gasteiger partial charge in [-0.3, -0.25) is 9.59 Å². The van der Waals surface area contributed by atoms with Crippen molar-refractivity contribution in [3.8, 4) is 11.3 Å². The summed E-state index contributed by atoms with van der Waals surface area (Å²) >= 11 is 0. The first kappa shape index (κ1) is 18.0. The first-order valence-electron chi connectivity index (χ1n) is 9.34. The molecule has 28 heavy (non-hydrogen) atoms. The molecule has 6 heteroatoms. The molecule has 1 heterocycles. The minimum absolute atomic E-state index is 0.0774. The zero-order valence-corrected chi connectivity index (χ0v) is 15.5. The summed E-state index contributed by atoms with van der Waals surface area (Å²) in [4.78, 5) is 24.3. The Kier molecular flexibility index (Phi) is 4.93. The number of carbonyl (C=O) groups is 2. The molecule has 3 aromatic rings. The maximum absolute atomic E-state index is 12.5. The molecule has 0 spiro atoms. The van der Waals surface area contributed by atoms with Crippen LogP contribution in [0, 0.1) is 5.92 Å². The number of nitrogens with zero attached hydrogens (tertiary/aromatic N) is 1. The molecule has 1 saturated carbocycles.